The van der Waals surface area contributed by atoms with Crippen molar-refractivity contribution in [1.29, 1.82) is 0 Å². The van der Waals surface area contributed by atoms with Crippen molar-refractivity contribution in [3.63, 3.8) is 0 Å². The van der Waals surface area contributed by atoms with Crippen LogP contribution in [0.5, 0.6) is 11.6 Å². The zero-order chi connectivity index (χ0) is 21.6. The van der Waals surface area contributed by atoms with Gasteiger partial charge in [-0.15, -0.1) is 11.8 Å². The molecular weight excluding hydrogens is 408 g/mol. The highest BCUT2D eigenvalue weighted by molar-refractivity contribution is 7.98. The predicted octanol–water partition coefficient (Wildman–Crippen LogP) is 5.48. The molecule has 1 aromatic heterocycles. The Morgan fingerprint density at radius 1 is 1.10 bits per heavy atom. The Morgan fingerprint density at radius 3 is 2.58 bits per heavy atom. The van der Waals surface area contributed by atoms with Crippen LogP contribution in [0.2, 0.25) is 0 Å². The molecule has 4 rings (SSSR count). The Kier molecular flexibility index (Phi) is 6.72. The summed E-state index contributed by atoms with van der Waals surface area (Å²) in [5, 5.41) is 2.94. The first-order valence-electron chi connectivity index (χ1n) is 10.4. The normalized spacial score (nSPS) is 14.3. The Balaban J connectivity index is 1.44. The molecule has 2 heterocycles. The SMILES string of the molecule is CSc1cccc(NC(=O)c2ccc(Oc3nccnc3N3CCC(C)CC3)cc2)c1. The Hall–Kier alpha value is -3.06. The number of hydrogen-bond acceptors (Lipinski definition) is 6. The van der Waals surface area contributed by atoms with E-state index in [0.29, 0.717) is 17.2 Å². The van der Waals surface area contributed by atoms with Crippen LogP contribution in [0.1, 0.15) is 30.1 Å². The third-order valence-corrected chi connectivity index (χ3v) is 6.11. The van der Waals surface area contributed by atoms with Crippen LogP contribution in [0.3, 0.4) is 0 Å². The number of ether oxygens (including phenoxy) is 1. The number of aromatic nitrogens is 2. The summed E-state index contributed by atoms with van der Waals surface area (Å²) in [6.45, 7) is 4.18. The first kappa shape index (κ1) is 21.2. The van der Waals surface area contributed by atoms with Crippen LogP contribution in [-0.4, -0.2) is 35.2 Å². The number of hydrogen-bond donors (Lipinski definition) is 1. The Labute approximate surface area is 187 Å². The van der Waals surface area contributed by atoms with E-state index in [-0.39, 0.29) is 5.91 Å². The maximum Gasteiger partial charge on any atom is 0.263 e. The summed E-state index contributed by atoms with van der Waals surface area (Å²) in [5.74, 6) is 2.45. The fourth-order valence-electron chi connectivity index (χ4n) is 3.52. The molecule has 1 fully saturated rings. The lowest BCUT2D eigenvalue weighted by Gasteiger charge is -2.31. The minimum absolute atomic E-state index is 0.160. The van der Waals surface area contributed by atoms with Crippen LogP contribution in [0.25, 0.3) is 0 Å². The lowest BCUT2D eigenvalue weighted by atomic mass is 9.99. The van der Waals surface area contributed by atoms with Crippen LogP contribution in [0, 0.1) is 5.92 Å². The van der Waals surface area contributed by atoms with Gasteiger partial charge in [0.25, 0.3) is 11.8 Å². The van der Waals surface area contributed by atoms with E-state index in [1.165, 1.54) is 0 Å². The fourth-order valence-corrected chi connectivity index (χ4v) is 3.98. The maximum atomic E-state index is 12.6. The molecule has 0 aliphatic carbocycles. The van der Waals surface area contributed by atoms with E-state index < -0.39 is 0 Å². The van der Waals surface area contributed by atoms with Gasteiger partial charge in [-0.05, 0) is 67.5 Å². The maximum absolute atomic E-state index is 12.6. The number of carbonyl (C=O) groups is 1. The van der Waals surface area contributed by atoms with Gasteiger partial charge in [0.15, 0.2) is 5.82 Å². The third-order valence-electron chi connectivity index (χ3n) is 5.39. The molecule has 7 heteroatoms. The molecule has 160 valence electrons. The van der Waals surface area contributed by atoms with Gasteiger partial charge in [-0.25, -0.2) is 9.97 Å². The molecule has 1 saturated heterocycles. The van der Waals surface area contributed by atoms with Gasteiger partial charge in [-0.2, -0.15) is 0 Å². The molecule has 6 nitrogen and oxygen atoms in total. The molecule has 1 amide bonds. The first-order valence-corrected chi connectivity index (χ1v) is 11.6. The molecule has 0 radical (unpaired) electrons. The van der Waals surface area contributed by atoms with E-state index in [0.717, 1.165) is 48.2 Å². The molecule has 1 aliphatic heterocycles. The van der Waals surface area contributed by atoms with Crippen molar-refractivity contribution in [2.24, 2.45) is 5.92 Å². The molecule has 0 unspecified atom stereocenters. The Bertz CT molecular complexity index is 1030. The quantitative estimate of drug-likeness (QED) is 0.518. The summed E-state index contributed by atoms with van der Waals surface area (Å²) in [6.07, 6.45) is 7.61. The van der Waals surface area contributed by atoms with E-state index in [1.54, 1.807) is 48.4 Å². The number of rotatable bonds is 6. The number of nitrogens with one attached hydrogen (secondary N) is 1. The highest BCUT2D eigenvalue weighted by Crippen LogP contribution is 2.31. The topological polar surface area (TPSA) is 67.3 Å². The Morgan fingerprint density at radius 2 is 1.84 bits per heavy atom. The largest absolute Gasteiger partial charge is 0.436 e. The molecule has 2 aromatic carbocycles. The molecule has 0 spiro atoms. The summed E-state index contributed by atoms with van der Waals surface area (Å²) in [7, 11) is 0. The number of amides is 1. The monoisotopic (exact) mass is 434 g/mol. The van der Waals surface area contributed by atoms with E-state index in [1.807, 2.05) is 30.5 Å². The van der Waals surface area contributed by atoms with Gasteiger partial charge >= 0.3 is 0 Å². The molecular formula is C24H26N4O2S. The molecule has 31 heavy (non-hydrogen) atoms. The molecule has 0 bridgehead atoms. The second-order valence-electron chi connectivity index (χ2n) is 7.67. The molecule has 1 N–H and O–H groups in total. The van der Waals surface area contributed by atoms with Gasteiger partial charge in [0.1, 0.15) is 5.75 Å². The number of carbonyl (C=O) groups excluding carboxylic acids is 1. The number of benzene rings is 2. The third kappa shape index (κ3) is 5.35. The van der Waals surface area contributed by atoms with Gasteiger partial charge in [-0.3, -0.25) is 4.79 Å². The fraction of sp³-hybridized carbons (Fsp3) is 0.292. The van der Waals surface area contributed by atoms with Crippen LogP contribution in [0.15, 0.2) is 65.8 Å². The summed E-state index contributed by atoms with van der Waals surface area (Å²) < 4.78 is 6.02. The molecule has 0 atom stereocenters. The number of piperidine rings is 1. The van der Waals surface area contributed by atoms with Crippen molar-refractivity contribution in [3.05, 3.63) is 66.5 Å². The van der Waals surface area contributed by atoms with E-state index in [2.05, 4.69) is 27.1 Å². The highest BCUT2D eigenvalue weighted by Gasteiger charge is 2.21. The van der Waals surface area contributed by atoms with Crippen LogP contribution in [-0.2, 0) is 0 Å². The van der Waals surface area contributed by atoms with Gasteiger partial charge in [0.05, 0.1) is 0 Å². The minimum atomic E-state index is -0.160. The van der Waals surface area contributed by atoms with Gasteiger partial charge in [0, 0.05) is 41.6 Å². The summed E-state index contributed by atoms with van der Waals surface area (Å²) >= 11 is 1.64. The minimum Gasteiger partial charge on any atom is -0.436 e. The lowest BCUT2D eigenvalue weighted by molar-refractivity contribution is 0.102. The summed E-state index contributed by atoms with van der Waals surface area (Å²) in [5.41, 5.74) is 1.34. The average molecular weight is 435 g/mol. The first-order chi connectivity index (χ1) is 15.1. The molecule has 0 saturated carbocycles. The van der Waals surface area contributed by atoms with Crippen molar-refractivity contribution >= 4 is 29.2 Å². The van der Waals surface area contributed by atoms with Crippen molar-refractivity contribution in [2.75, 3.05) is 29.6 Å². The van der Waals surface area contributed by atoms with E-state index >= 15 is 0 Å². The van der Waals surface area contributed by atoms with Gasteiger partial charge in [0.2, 0.25) is 0 Å². The number of nitrogens with zero attached hydrogens (tertiary/aromatic N) is 3. The standard InChI is InChI=1S/C24H26N4O2S/c1-17-10-14-28(15-11-17)22-24(26-13-12-25-22)30-20-8-6-18(7-9-20)23(29)27-19-4-3-5-21(16-19)31-2/h3-9,12-13,16-17H,10-11,14-15H2,1-2H3,(H,27,29). The van der Waals surface area contributed by atoms with Crippen molar-refractivity contribution in [3.8, 4) is 11.6 Å². The summed E-state index contributed by atoms with van der Waals surface area (Å²) in [4.78, 5) is 24.8. The lowest BCUT2D eigenvalue weighted by Crippen LogP contribution is -2.33. The average Bonchev–Trinajstić information content (AvgIpc) is 2.81. The molecule has 3 aromatic rings. The van der Waals surface area contributed by atoms with Gasteiger partial charge < -0.3 is 15.0 Å². The van der Waals surface area contributed by atoms with Crippen molar-refractivity contribution in [2.45, 2.75) is 24.7 Å². The smallest absolute Gasteiger partial charge is 0.263 e. The van der Waals surface area contributed by atoms with Crippen LogP contribution in [0.4, 0.5) is 11.5 Å². The summed E-state index contributed by atoms with van der Waals surface area (Å²) in [6, 6.07) is 14.8. The second kappa shape index (κ2) is 9.83. The van der Waals surface area contributed by atoms with Gasteiger partial charge in [-0.1, -0.05) is 13.0 Å². The molecule has 1 aliphatic rings. The van der Waals surface area contributed by atoms with E-state index in [4.69, 9.17) is 4.74 Å². The van der Waals surface area contributed by atoms with E-state index in [9.17, 15) is 4.79 Å². The van der Waals surface area contributed by atoms with Crippen LogP contribution < -0.4 is 15.0 Å². The second-order valence-corrected chi connectivity index (χ2v) is 8.55. The van der Waals surface area contributed by atoms with Crippen molar-refractivity contribution in [1.82, 2.24) is 9.97 Å². The zero-order valence-corrected chi connectivity index (χ0v) is 18.6. The highest BCUT2D eigenvalue weighted by atomic mass is 32.2. The number of anilines is 2. The predicted molar refractivity (Wildman–Crippen MR) is 125 cm³/mol. The van der Waals surface area contributed by atoms with Crippen LogP contribution >= 0.6 is 11.8 Å². The number of thioether (sulfide) groups is 1. The zero-order valence-electron chi connectivity index (χ0n) is 17.7. The van der Waals surface area contributed by atoms with Crippen molar-refractivity contribution < 1.29 is 9.53 Å².